The van der Waals surface area contributed by atoms with Gasteiger partial charge in [0, 0.05) is 32.7 Å². The van der Waals surface area contributed by atoms with Crippen LogP contribution in [0.3, 0.4) is 0 Å². The minimum Gasteiger partial charge on any atom is -0.493 e. The molecule has 166 valence electrons. The number of benzene rings is 1. The first-order valence-electron chi connectivity index (χ1n) is 10.4. The molecule has 11 heteroatoms. The van der Waals surface area contributed by atoms with Gasteiger partial charge in [0.1, 0.15) is 11.6 Å². The highest BCUT2D eigenvalue weighted by atomic mass is 32.2. The van der Waals surface area contributed by atoms with Crippen LogP contribution in [0.15, 0.2) is 34.2 Å². The summed E-state index contributed by atoms with van der Waals surface area (Å²) in [7, 11) is -3.68. The fourth-order valence-electron chi connectivity index (χ4n) is 3.66. The van der Waals surface area contributed by atoms with Crippen LogP contribution >= 0.6 is 0 Å². The van der Waals surface area contributed by atoms with Crippen LogP contribution < -0.4 is 15.6 Å². The maximum absolute atomic E-state index is 13.2. The third-order valence-corrected chi connectivity index (χ3v) is 7.05. The van der Waals surface area contributed by atoms with Gasteiger partial charge in [-0.05, 0) is 31.5 Å². The second-order valence-corrected chi connectivity index (χ2v) is 9.21. The first kappa shape index (κ1) is 21.5. The van der Waals surface area contributed by atoms with Gasteiger partial charge in [-0.3, -0.25) is 4.79 Å². The number of piperazine rings is 1. The minimum atomic E-state index is -3.68. The van der Waals surface area contributed by atoms with Gasteiger partial charge in [-0.2, -0.15) is 4.31 Å². The first-order valence-corrected chi connectivity index (χ1v) is 11.8. The van der Waals surface area contributed by atoms with Crippen molar-refractivity contribution in [3.63, 3.8) is 0 Å². The zero-order chi connectivity index (χ0) is 22.0. The molecule has 3 heterocycles. The highest BCUT2D eigenvalue weighted by molar-refractivity contribution is 7.89. The molecule has 0 saturated carbocycles. The van der Waals surface area contributed by atoms with Crippen molar-refractivity contribution in [2.24, 2.45) is 0 Å². The monoisotopic (exact) mass is 446 g/mol. The van der Waals surface area contributed by atoms with Gasteiger partial charge in [0.05, 0.1) is 23.4 Å². The third kappa shape index (κ3) is 4.08. The molecule has 1 saturated heterocycles. The molecule has 3 aromatic rings. The van der Waals surface area contributed by atoms with Gasteiger partial charge >= 0.3 is 0 Å². The molecule has 0 spiro atoms. The Bertz CT molecular complexity index is 1240. The summed E-state index contributed by atoms with van der Waals surface area (Å²) < 4.78 is 35.3. The predicted octanol–water partition coefficient (Wildman–Crippen LogP) is 1.19. The van der Waals surface area contributed by atoms with Crippen molar-refractivity contribution in [3.8, 4) is 17.1 Å². The molecule has 0 amide bonds. The summed E-state index contributed by atoms with van der Waals surface area (Å²) in [4.78, 5) is 24.3. The van der Waals surface area contributed by atoms with Crippen LogP contribution in [0.4, 0.5) is 0 Å². The Kier molecular flexibility index (Phi) is 6.08. The molecule has 1 aliphatic rings. The Balaban J connectivity index is 1.86. The summed E-state index contributed by atoms with van der Waals surface area (Å²) >= 11 is 0. The van der Waals surface area contributed by atoms with Gasteiger partial charge in [-0.15, -0.1) is 0 Å². The van der Waals surface area contributed by atoms with Gasteiger partial charge in [0.2, 0.25) is 10.0 Å². The summed E-state index contributed by atoms with van der Waals surface area (Å²) in [6.07, 6.45) is 2.45. The lowest BCUT2D eigenvalue weighted by molar-refractivity contribution is 0.341. The molecule has 0 bridgehead atoms. The number of fused-ring (bicyclic) bond motifs is 1. The second kappa shape index (κ2) is 8.77. The van der Waals surface area contributed by atoms with E-state index in [1.165, 1.54) is 16.4 Å². The van der Waals surface area contributed by atoms with Crippen molar-refractivity contribution < 1.29 is 13.2 Å². The van der Waals surface area contributed by atoms with Crippen LogP contribution in [0.2, 0.25) is 0 Å². The van der Waals surface area contributed by atoms with Crippen LogP contribution in [-0.4, -0.2) is 65.0 Å². The molecule has 10 nitrogen and oxygen atoms in total. The lowest BCUT2D eigenvalue weighted by Gasteiger charge is -2.26. The number of H-pyrrole nitrogens is 1. The molecule has 0 radical (unpaired) electrons. The van der Waals surface area contributed by atoms with Crippen molar-refractivity contribution in [1.29, 1.82) is 0 Å². The summed E-state index contributed by atoms with van der Waals surface area (Å²) in [5.41, 5.74) is 0.743. The van der Waals surface area contributed by atoms with Crippen LogP contribution in [0.1, 0.15) is 20.3 Å². The lowest BCUT2D eigenvalue weighted by atomic mass is 10.2. The Labute approximate surface area is 180 Å². The highest BCUT2D eigenvalue weighted by Gasteiger charge is 2.27. The van der Waals surface area contributed by atoms with E-state index in [2.05, 4.69) is 20.3 Å². The standard InChI is InChI=1S/C20H26N6O4S/c1-3-9-25-13-22-17-19(25)23-18(24-20(17)27)15-12-14(5-6-16(15)30-4-2)31(28,29)26-10-7-21-8-11-26/h5-6,12-13,21H,3-4,7-11H2,1-2H3,(H,23,24,27). The fourth-order valence-corrected chi connectivity index (χ4v) is 5.12. The number of aromatic amines is 1. The van der Waals surface area contributed by atoms with Crippen molar-refractivity contribution in [1.82, 2.24) is 29.1 Å². The van der Waals surface area contributed by atoms with E-state index in [0.29, 0.717) is 56.3 Å². The molecule has 1 aliphatic heterocycles. The van der Waals surface area contributed by atoms with Crippen LogP contribution in [-0.2, 0) is 16.6 Å². The Morgan fingerprint density at radius 3 is 2.68 bits per heavy atom. The van der Waals surface area contributed by atoms with Gasteiger partial charge in [0.15, 0.2) is 11.2 Å². The van der Waals surface area contributed by atoms with E-state index in [0.717, 1.165) is 6.42 Å². The van der Waals surface area contributed by atoms with E-state index in [1.807, 2.05) is 18.4 Å². The molecule has 2 N–H and O–H groups in total. The number of ether oxygens (including phenoxy) is 1. The van der Waals surface area contributed by atoms with E-state index in [4.69, 9.17) is 4.74 Å². The van der Waals surface area contributed by atoms with E-state index >= 15 is 0 Å². The molecule has 1 aromatic carbocycles. The van der Waals surface area contributed by atoms with Gasteiger partial charge in [-0.1, -0.05) is 6.92 Å². The van der Waals surface area contributed by atoms with Crippen molar-refractivity contribution in [2.45, 2.75) is 31.7 Å². The normalized spacial score (nSPS) is 15.4. The number of sulfonamides is 1. The summed E-state index contributed by atoms with van der Waals surface area (Å²) in [5.74, 6) is 0.696. The second-order valence-electron chi connectivity index (χ2n) is 7.27. The SMILES string of the molecule is CCCn1cnc2c(=O)[nH]c(-c3cc(S(=O)(=O)N4CCNCC4)ccc3OCC)nc21. The third-order valence-electron chi connectivity index (χ3n) is 5.16. The number of rotatable bonds is 7. The molecule has 0 unspecified atom stereocenters. The lowest BCUT2D eigenvalue weighted by Crippen LogP contribution is -2.46. The van der Waals surface area contributed by atoms with E-state index in [-0.39, 0.29) is 21.8 Å². The molecular formula is C20H26N6O4S. The Morgan fingerprint density at radius 2 is 1.97 bits per heavy atom. The largest absolute Gasteiger partial charge is 0.493 e. The van der Waals surface area contributed by atoms with Gasteiger partial charge in [0.25, 0.3) is 5.56 Å². The number of aryl methyl sites for hydroxylation is 1. The highest BCUT2D eigenvalue weighted by Crippen LogP contribution is 2.31. The topological polar surface area (TPSA) is 122 Å². The average molecular weight is 447 g/mol. The summed E-state index contributed by atoms with van der Waals surface area (Å²) in [5, 5.41) is 3.15. The van der Waals surface area contributed by atoms with Crippen molar-refractivity contribution >= 4 is 21.2 Å². The number of nitrogens with one attached hydrogen (secondary N) is 2. The van der Waals surface area contributed by atoms with Crippen molar-refractivity contribution in [3.05, 3.63) is 34.9 Å². The first-order chi connectivity index (χ1) is 15.0. The Morgan fingerprint density at radius 1 is 1.19 bits per heavy atom. The number of imidazole rings is 1. The zero-order valence-electron chi connectivity index (χ0n) is 17.6. The number of hydrogen-bond acceptors (Lipinski definition) is 7. The molecule has 1 fully saturated rings. The zero-order valence-corrected chi connectivity index (χ0v) is 18.4. The maximum Gasteiger partial charge on any atom is 0.279 e. The van der Waals surface area contributed by atoms with Crippen LogP contribution in [0.25, 0.3) is 22.6 Å². The summed E-state index contributed by atoms with van der Waals surface area (Å²) in [6, 6.07) is 4.66. The number of aromatic nitrogens is 4. The average Bonchev–Trinajstić information content (AvgIpc) is 3.18. The molecule has 31 heavy (non-hydrogen) atoms. The van der Waals surface area contributed by atoms with Crippen molar-refractivity contribution in [2.75, 3.05) is 32.8 Å². The fraction of sp³-hybridized carbons (Fsp3) is 0.450. The molecule has 4 rings (SSSR count). The van der Waals surface area contributed by atoms with Crippen LogP contribution in [0, 0.1) is 0 Å². The Hall–Kier alpha value is -2.76. The number of hydrogen-bond donors (Lipinski definition) is 2. The maximum atomic E-state index is 13.2. The smallest absolute Gasteiger partial charge is 0.279 e. The van der Waals surface area contributed by atoms with Gasteiger partial charge in [-0.25, -0.2) is 18.4 Å². The molecule has 0 atom stereocenters. The van der Waals surface area contributed by atoms with E-state index < -0.39 is 10.0 Å². The predicted molar refractivity (Wildman–Crippen MR) is 117 cm³/mol. The van der Waals surface area contributed by atoms with Crippen LogP contribution in [0.5, 0.6) is 5.75 Å². The van der Waals surface area contributed by atoms with E-state index in [9.17, 15) is 13.2 Å². The number of nitrogens with zero attached hydrogens (tertiary/aromatic N) is 4. The van der Waals surface area contributed by atoms with Gasteiger partial charge < -0.3 is 19.6 Å². The minimum absolute atomic E-state index is 0.137. The molecule has 2 aromatic heterocycles. The van der Waals surface area contributed by atoms with E-state index in [1.54, 1.807) is 12.4 Å². The molecule has 0 aliphatic carbocycles. The summed E-state index contributed by atoms with van der Waals surface area (Å²) in [6.45, 7) is 6.94. The quantitative estimate of drug-likeness (QED) is 0.559. The molecular weight excluding hydrogens is 420 g/mol.